The molecule has 0 aromatic carbocycles. The molecule has 41 valence electrons. The molecule has 0 nitrogen and oxygen atoms in total. The molecule has 0 amide bonds. The van der Waals surface area contributed by atoms with Crippen LogP contribution in [0.3, 0.4) is 0 Å². The predicted octanol–water partition coefficient (Wildman–Crippen LogP) is 1.48. The van der Waals surface area contributed by atoms with Gasteiger partial charge in [0.1, 0.15) is 0 Å². The Morgan fingerprint density at radius 1 is 1.88 bits per heavy atom. The molecule has 1 unspecified atom stereocenters. The molecule has 0 aliphatic carbocycles. The summed E-state index contributed by atoms with van der Waals surface area (Å²) < 4.78 is 7.03. The van der Waals surface area contributed by atoms with Gasteiger partial charge in [0.05, 0.1) is 7.85 Å². The molecular formula is C6H9BY-2. The first-order valence-electron chi connectivity index (χ1n) is 2.67. The van der Waals surface area contributed by atoms with E-state index in [0.717, 1.165) is 5.57 Å². The quantitative estimate of drug-likeness (QED) is 0.425. The van der Waals surface area contributed by atoms with Crippen molar-refractivity contribution in [2.45, 2.75) is 13.3 Å². The maximum absolute atomic E-state index is 7.03. The van der Waals surface area contributed by atoms with Gasteiger partial charge in [-0.15, -0.1) is 6.92 Å². The van der Waals surface area contributed by atoms with E-state index in [2.05, 4.69) is 13.8 Å². The van der Waals surface area contributed by atoms with Crippen molar-refractivity contribution in [2.75, 3.05) is 0 Å². The van der Waals surface area contributed by atoms with E-state index in [1.807, 2.05) is 0 Å². The van der Waals surface area contributed by atoms with Crippen LogP contribution in [0.15, 0.2) is 11.0 Å². The third-order valence-electron chi connectivity index (χ3n) is 0.813. The molecule has 0 rings (SSSR count). The minimum Gasteiger partial charge on any atom is -0.356 e. The van der Waals surface area contributed by atoms with Crippen molar-refractivity contribution in [1.82, 2.24) is 0 Å². The summed E-state index contributed by atoms with van der Waals surface area (Å²) >= 11 is 0. The molecule has 1 atom stereocenters. The van der Waals surface area contributed by atoms with Gasteiger partial charge in [-0.3, -0.25) is 18.0 Å². The minimum atomic E-state index is -0.465. The Balaban J connectivity index is 0. The summed E-state index contributed by atoms with van der Waals surface area (Å²) in [7, 11) is 5.25. The summed E-state index contributed by atoms with van der Waals surface area (Å²) in [6.45, 7) is 8.66. The first-order chi connectivity index (χ1) is 3.55. The first kappa shape index (κ1) is 8.78. The third-order valence-corrected chi connectivity index (χ3v) is 0.813. The zero-order chi connectivity index (χ0) is 6.73. The van der Waals surface area contributed by atoms with Crippen LogP contribution >= 0.6 is 0 Å². The van der Waals surface area contributed by atoms with Gasteiger partial charge in [0.25, 0.3) is 0 Å². The zero-order valence-electron chi connectivity index (χ0n) is 6.15. The van der Waals surface area contributed by atoms with Gasteiger partial charge in [0.2, 0.25) is 0 Å². The fourth-order valence-corrected chi connectivity index (χ4v) is 0.131. The van der Waals surface area contributed by atoms with Crippen molar-refractivity contribution in [1.29, 1.82) is 0 Å². The van der Waals surface area contributed by atoms with Crippen molar-refractivity contribution in [3.63, 3.8) is 0 Å². The van der Waals surface area contributed by atoms with Crippen LogP contribution in [0.25, 0.3) is 0 Å². The molecule has 0 fully saturated rings. The van der Waals surface area contributed by atoms with E-state index in [9.17, 15) is 0 Å². The van der Waals surface area contributed by atoms with Crippen molar-refractivity contribution < 1.29 is 34.1 Å². The van der Waals surface area contributed by atoms with Crippen LogP contribution in [-0.2, 0) is 32.7 Å². The van der Waals surface area contributed by atoms with Crippen LogP contribution in [0.1, 0.15) is 14.7 Å². The molecule has 2 heteroatoms. The monoisotopic (exact) mass is 182 g/mol. The average molecular weight is 182 g/mol. The van der Waals surface area contributed by atoms with Gasteiger partial charge in [0, 0.05) is 32.7 Å². The van der Waals surface area contributed by atoms with Gasteiger partial charge >= 0.3 is 0 Å². The molecule has 0 bridgehead atoms. The summed E-state index contributed by atoms with van der Waals surface area (Å²) in [5.74, 6) is 0. The van der Waals surface area contributed by atoms with Crippen LogP contribution in [0.5, 0.6) is 0 Å². The number of rotatable bonds is 1. The van der Waals surface area contributed by atoms with Crippen LogP contribution < -0.4 is 0 Å². The van der Waals surface area contributed by atoms with E-state index in [0.29, 0.717) is 5.47 Å². The summed E-state index contributed by atoms with van der Waals surface area (Å²) in [6, 6.07) is 0. The van der Waals surface area contributed by atoms with E-state index >= 15 is 0 Å². The van der Waals surface area contributed by atoms with Crippen molar-refractivity contribution >= 4 is 7.85 Å². The second-order valence-electron chi connectivity index (χ2n) is 1.41. The van der Waals surface area contributed by atoms with Gasteiger partial charge in [0.15, 0.2) is 0 Å². The van der Waals surface area contributed by atoms with E-state index in [4.69, 9.17) is 9.22 Å². The smallest absolute Gasteiger partial charge is 0.0641 e. The van der Waals surface area contributed by atoms with Gasteiger partial charge < -0.3 is 6.92 Å². The standard InChI is InChI=1S/C6H9B.Y/c1-4-5(2)6(3)7;/h1,3-4H2,2H3;/q-2;/b6-5+;/i4D;. The largest absolute Gasteiger partial charge is 0.356 e. The SMILES string of the molecule is [2H]C([CH2-])/C(C)=C(/[B])[CH2-].[Y]. The van der Waals surface area contributed by atoms with E-state index in [-0.39, 0.29) is 32.7 Å². The third kappa shape index (κ3) is 4.93. The zero-order valence-corrected chi connectivity index (χ0v) is 7.98. The molecule has 0 N–H and O–H groups in total. The van der Waals surface area contributed by atoms with E-state index in [1.165, 1.54) is 0 Å². The molecule has 0 aliphatic rings. The second-order valence-corrected chi connectivity index (χ2v) is 1.41. The fourth-order valence-electron chi connectivity index (χ4n) is 0.131. The Bertz CT molecular complexity index is 106. The fraction of sp³-hybridized carbons (Fsp3) is 0.333. The van der Waals surface area contributed by atoms with Crippen LogP contribution in [0, 0.1) is 13.8 Å². The Hall–Kier alpha value is 0.779. The normalized spacial score (nSPS) is 17.5. The van der Waals surface area contributed by atoms with Crippen LogP contribution in [0.2, 0.25) is 0 Å². The van der Waals surface area contributed by atoms with Gasteiger partial charge in [-0.1, -0.05) is 0 Å². The summed E-state index contributed by atoms with van der Waals surface area (Å²) in [5, 5.41) is 0. The minimum absolute atomic E-state index is 0. The summed E-state index contributed by atoms with van der Waals surface area (Å²) in [6.07, 6.45) is -0.465. The molecule has 0 aromatic heterocycles. The summed E-state index contributed by atoms with van der Waals surface area (Å²) in [4.78, 5) is 0. The number of hydrogen-bond acceptors (Lipinski definition) is 0. The Morgan fingerprint density at radius 3 is 2.25 bits per heavy atom. The molecule has 0 spiro atoms. The number of allylic oxidation sites excluding steroid dienone is 2. The van der Waals surface area contributed by atoms with Crippen molar-refractivity contribution in [3.05, 3.63) is 24.9 Å². The predicted molar refractivity (Wildman–Crippen MR) is 33.8 cm³/mol. The van der Waals surface area contributed by atoms with Crippen LogP contribution in [0.4, 0.5) is 0 Å². The van der Waals surface area contributed by atoms with Crippen LogP contribution in [-0.4, -0.2) is 7.85 Å². The molecule has 0 aliphatic heterocycles. The van der Waals surface area contributed by atoms with E-state index < -0.39 is 6.40 Å². The van der Waals surface area contributed by atoms with Gasteiger partial charge in [-0.25, -0.2) is 6.40 Å². The van der Waals surface area contributed by atoms with Gasteiger partial charge in [-0.05, 0) is 1.37 Å². The molecule has 8 heavy (non-hydrogen) atoms. The molecule has 0 heterocycles. The van der Waals surface area contributed by atoms with Crippen molar-refractivity contribution in [2.24, 2.45) is 0 Å². The number of hydrogen-bond donors (Lipinski definition) is 0. The summed E-state index contributed by atoms with van der Waals surface area (Å²) in [5.41, 5.74) is 1.20. The molecule has 0 saturated carbocycles. The molecule has 3 radical (unpaired) electrons. The molecular weight excluding hydrogens is 172 g/mol. The molecule has 0 aromatic rings. The van der Waals surface area contributed by atoms with E-state index in [1.54, 1.807) is 6.92 Å². The van der Waals surface area contributed by atoms with Gasteiger partial charge in [-0.2, -0.15) is 0 Å². The maximum atomic E-state index is 7.03. The maximum Gasteiger partial charge on any atom is 0.0641 e. The Labute approximate surface area is 79.8 Å². The first-order valence-corrected chi connectivity index (χ1v) is 2.09. The topological polar surface area (TPSA) is 0 Å². The Morgan fingerprint density at radius 2 is 2.25 bits per heavy atom. The second kappa shape index (κ2) is 5.91. The Kier molecular flexibility index (Phi) is 6.48. The molecule has 0 saturated heterocycles. The van der Waals surface area contributed by atoms with Crippen molar-refractivity contribution in [3.8, 4) is 0 Å². The average Bonchev–Trinajstić information content (AvgIpc) is 1.64.